The maximum atomic E-state index is 5.41. The van der Waals surface area contributed by atoms with Crippen LogP contribution >= 0.6 is 15.9 Å². The van der Waals surface area contributed by atoms with Crippen LogP contribution in [-0.2, 0) is 4.74 Å². The van der Waals surface area contributed by atoms with E-state index in [0.717, 1.165) is 23.6 Å². The number of pyridine rings is 1. The highest BCUT2D eigenvalue weighted by Crippen LogP contribution is 2.54. The molecule has 1 saturated heterocycles. The summed E-state index contributed by atoms with van der Waals surface area (Å²) in [4.78, 5) is 4.41. The molecule has 3 nitrogen and oxygen atoms in total. The van der Waals surface area contributed by atoms with Crippen LogP contribution in [0.3, 0.4) is 0 Å². The Morgan fingerprint density at radius 2 is 2.19 bits per heavy atom. The summed E-state index contributed by atoms with van der Waals surface area (Å²) in [6.07, 6.45) is 3.65. The van der Waals surface area contributed by atoms with Crippen LogP contribution in [-0.4, -0.2) is 24.2 Å². The highest BCUT2D eigenvalue weighted by atomic mass is 79.9. The number of nitrogens with zero attached hydrogens (tertiary/aromatic N) is 1. The monoisotopic (exact) mass is 282 g/mol. The van der Waals surface area contributed by atoms with E-state index in [1.165, 1.54) is 19.3 Å². The number of ether oxygens (including phenoxy) is 1. The van der Waals surface area contributed by atoms with Gasteiger partial charge >= 0.3 is 0 Å². The van der Waals surface area contributed by atoms with E-state index in [4.69, 9.17) is 4.74 Å². The van der Waals surface area contributed by atoms with Crippen LogP contribution in [0.15, 0.2) is 22.8 Å². The van der Waals surface area contributed by atoms with E-state index < -0.39 is 0 Å². The van der Waals surface area contributed by atoms with E-state index in [9.17, 15) is 0 Å². The van der Waals surface area contributed by atoms with Gasteiger partial charge in [0.15, 0.2) is 0 Å². The molecule has 0 radical (unpaired) electrons. The minimum Gasteiger partial charge on any atom is -0.381 e. The zero-order valence-electron chi connectivity index (χ0n) is 9.08. The first-order chi connectivity index (χ1) is 7.78. The van der Waals surface area contributed by atoms with Crippen molar-refractivity contribution < 1.29 is 4.74 Å². The van der Waals surface area contributed by atoms with Crippen molar-refractivity contribution in [3.63, 3.8) is 0 Å². The van der Waals surface area contributed by atoms with E-state index in [1.807, 2.05) is 18.2 Å². The normalized spacial score (nSPS) is 26.7. The minimum absolute atomic E-state index is 0.502. The lowest BCUT2D eigenvalue weighted by Gasteiger charge is -2.23. The average molecular weight is 283 g/mol. The Bertz CT molecular complexity index is 390. The molecule has 1 N–H and O–H groups in total. The van der Waals surface area contributed by atoms with E-state index in [2.05, 4.69) is 26.2 Å². The fourth-order valence-corrected chi connectivity index (χ4v) is 2.89. The third kappa shape index (κ3) is 1.96. The van der Waals surface area contributed by atoms with Gasteiger partial charge in [0.2, 0.25) is 0 Å². The second kappa shape index (κ2) is 4.00. The number of anilines is 1. The van der Waals surface area contributed by atoms with E-state index in [0.29, 0.717) is 11.5 Å². The van der Waals surface area contributed by atoms with Gasteiger partial charge in [-0.15, -0.1) is 0 Å². The van der Waals surface area contributed by atoms with Gasteiger partial charge in [-0.05, 0) is 52.7 Å². The SMILES string of the molecule is Brc1cccc(NC2CC23CCOCC3)n1. The third-order valence-corrected chi connectivity index (χ3v) is 4.16. The van der Waals surface area contributed by atoms with Gasteiger partial charge in [-0.2, -0.15) is 0 Å². The quantitative estimate of drug-likeness (QED) is 0.847. The Morgan fingerprint density at radius 3 is 2.94 bits per heavy atom. The first kappa shape index (κ1) is 10.5. The Labute approximate surface area is 104 Å². The first-order valence-electron chi connectivity index (χ1n) is 5.75. The molecule has 1 unspecified atom stereocenters. The standard InChI is InChI=1S/C12H15BrN2O/c13-10-2-1-3-11(15-10)14-9-8-12(9)4-6-16-7-5-12/h1-3,9H,4-8H2,(H,14,15). The Kier molecular flexibility index (Phi) is 2.64. The van der Waals surface area contributed by atoms with Gasteiger partial charge in [0.25, 0.3) is 0 Å². The molecule has 86 valence electrons. The summed E-state index contributed by atoms with van der Waals surface area (Å²) in [7, 11) is 0. The first-order valence-corrected chi connectivity index (χ1v) is 6.55. The van der Waals surface area contributed by atoms with Crippen LogP contribution < -0.4 is 5.32 Å². The number of aromatic nitrogens is 1. The summed E-state index contributed by atoms with van der Waals surface area (Å²) < 4.78 is 6.30. The van der Waals surface area contributed by atoms with Crippen LogP contribution in [0.1, 0.15) is 19.3 Å². The summed E-state index contributed by atoms with van der Waals surface area (Å²) >= 11 is 3.39. The smallest absolute Gasteiger partial charge is 0.127 e. The zero-order valence-corrected chi connectivity index (χ0v) is 10.7. The predicted molar refractivity (Wildman–Crippen MR) is 66.5 cm³/mol. The molecule has 1 aliphatic heterocycles. The van der Waals surface area contributed by atoms with Crippen molar-refractivity contribution in [3.8, 4) is 0 Å². The van der Waals surface area contributed by atoms with Gasteiger partial charge in [0.1, 0.15) is 10.4 Å². The number of hydrogen-bond acceptors (Lipinski definition) is 3. The number of nitrogens with one attached hydrogen (secondary N) is 1. The molecule has 0 aromatic carbocycles. The molecule has 2 aliphatic rings. The lowest BCUT2D eigenvalue weighted by molar-refractivity contribution is 0.0567. The molecule has 1 aliphatic carbocycles. The van der Waals surface area contributed by atoms with E-state index in [1.54, 1.807) is 0 Å². The summed E-state index contributed by atoms with van der Waals surface area (Å²) in [6.45, 7) is 1.84. The molecule has 2 heterocycles. The van der Waals surface area contributed by atoms with Crippen LogP contribution in [0.2, 0.25) is 0 Å². The molecular formula is C12H15BrN2O. The number of hydrogen-bond donors (Lipinski definition) is 1. The van der Waals surface area contributed by atoms with Gasteiger partial charge in [0, 0.05) is 19.3 Å². The molecule has 0 bridgehead atoms. The van der Waals surface area contributed by atoms with Gasteiger partial charge in [-0.1, -0.05) is 6.07 Å². The van der Waals surface area contributed by atoms with Crippen LogP contribution in [0, 0.1) is 5.41 Å². The predicted octanol–water partition coefficient (Wildman–Crippen LogP) is 2.83. The lowest BCUT2D eigenvalue weighted by Crippen LogP contribution is -2.23. The Hall–Kier alpha value is -0.610. The van der Waals surface area contributed by atoms with Gasteiger partial charge in [-0.25, -0.2) is 4.98 Å². The van der Waals surface area contributed by atoms with Gasteiger partial charge < -0.3 is 10.1 Å². The van der Waals surface area contributed by atoms with Gasteiger partial charge in [0.05, 0.1) is 0 Å². The fraction of sp³-hybridized carbons (Fsp3) is 0.583. The zero-order chi connectivity index (χ0) is 11.0. The van der Waals surface area contributed by atoms with Crippen molar-refractivity contribution in [1.82, 2.24) is 4.98 Å². The average Bonchev–Trinajstić information content (AvgIpc) is 2.91. The summed E-state index contributed by atoms with van der Waals surface area (Å²) in [6, 6.07) is 6.58. The van der Waals surface area contributed by atoms with E-state index in [-0.39, 0.29) is 0 Å². The van der Waals surface area contributed by atoms with Crippen molar-refractivity contribution in [1.29, 1.82) is 0 Å². The Balaban J connectivity index is 1.65. The fourth-order valence-electron chi connectivity index (χ4n) is 2.55. The lowest BCUT2D eigenvalue weighted by atomic mass is 9.96. The van der Waals surface area contributed by atoms with Crippen molar-refractivity contribution >= 4 is 21.7 Å². The molecular weight excluding hydrogens is 268 g/mol. The van der Waals surface area contributed by atoms with Crippen molar-refractivity contribution in [2.45, 2.75) is 25.3 Å². The van der Waals surface area contributed by atoms with E-state index >= 15 is 0 Å². The maximum Gasteiger partial charge on any atom is 0.127 e. The topological polar surface area (TPSA) is 34.1 Å². The van der Waals surface area contributed by atoms with Crippen LogP contribution in [0.25, 0.3) is 0 Å². The molecule has 1 aromatic rings. The number of halogens is 1. The molecule has 16 heavy (non-hydrogen) atoms. The molecule has 1 saturated carbocycles. The summed E-state index contributed by atoms with van der Waals surface area (Å²) in [5, 5.41) is 3.52. The van der Waals surface area contributed by atoms with Crippen molar-refractivity contribution in [3.05, 3.63) is 22.8 Å². The number of rotatable bonds is 2. The molecule has 4 heteroatoms. The van der Waals surface area contributed by atoms with Crippen LogP contribution in [0.5, 0.6) is 0 Å². The molecule has 0 amide bonds. The highest BCUT2D eigenvalue weighted by molar-refractivity contribution is 9.10. The third-order valence-electron chi connectivity index (χ3n) is 3.72. The maximum absolute atomic E-state index is 5.41. The second-order valence-corrected chi connectivity index (χ2v) is 5.53. The molecule has 1 atom stereocenters. The molecule has 3 rings (SSSR count). The molecule has 2 fully saturated rings. The molecule has 1 aromatic heterocycles. The van der Waals surface area contributed by atoms with Crippen LogP contribution in [0.4, 0.5) is 5.82 Å². The van der Waals surface area contributed by atoms with Gasteiger partial charge in [-0.3, -0.25) is 0 Å². The van der Waals surface area contributed by atoms with Crippen molar-refractivity contribution in [2.24, 2.45) is 5.41 Å². The van der Waals surface area contributed by atoms with Crippen molar-refractivity contribution in [2.75, 3.05) is 18.5 Å². The summed E-state index contributed by atoms with van der Waals surface area (Å²) in [5.74, 6) is 0.975. The minimum atomic E-state index is 0.502. The Morgan fingerprint density at radius 1 is 1.38 bits per heavy atom. The second-order valence-electron chi connectivity index (χ2n) is 4.72. The highest BCUT2D eigenvalue weighted by Gasteiger charge is 2.54. The molecule has 1 spiro atoms. The summed E-state index contributed by atoms with van der Waals surface area (Å²) in [5.41, 5.74) is 0.502. The largest absolute Gasteiger partial charge is 0.381 e.